The molecule has 0 unspecified atom stereocenters. The molecule has 0 saturated heterocycles. The van der Waals surface area contributed by atoms with E-state index >= 15 is 0 Å². The SMILES string of the molecule is COCCNCC(F)(F)c1ccc(F)cc1. The molecule has 1 rings (SSSR count). The van der Waals surface area contributed by atoms with Crippen molar-refractivity contribution in [2.45, 2.75) is 5.92 Å². The molecule has 0 aliphatic heterocycles. The molecule has 1 aromatic rings. The van der Waals surface area contributed by atoms with Gasteiger partial charge in [0.25, 0.3) is 5.92 Å². The van der Waals surface area contributed by atoms with Gasteiger partial charge in [-0.1, -0.05) is 12.1 Å². The van der Waals surface area contributed by atoms with E-state index in [4.69, 9.17) is 4.74 Å². The van der Waals surface area contributed by atoms with E-state index in [1.54, 1.807) is 0 Å². The zero-order valence-corrected chi connectivity index (χ0v) is 8.97. The maximum Gasteiger partial charge on any atom is 0.285 e. The molecule has 0 bridgehead atoms. The van der Waals surface area contributed by atoms with Crippen LogP contribution in [0.2, 0.25) is 0 Å². The van der Waals surface area contributed by atoms with E-state index < -0.39 is 18.3 Å². The third kappa shape index (κ3) is 3.83. The lowest BCUT2D eigenvalue weighted by Gasteiger charge is -2.17. The van der Waals surface area contributed by atoms with Gasteiger partial charge in [-0.2, -0.15) is 8.78 Å². The fourth-order valence-electron chi connectivity index (χ4n) is 1.22. The second-order valence-corrected chi connectivity index (χ2v) is 3.38. The largest absolute Gasteiger partial charge is 0.383 e. The number of methoxy groups -OCH3 is 1. The second-order valence-electron chi connectivity index (χ2n) is 3.38. The molecule has 0 aromatic heterocycles. The molecule has 0 aliphatic carbocycles. The summed E-state index contributed by atoms with van der Waals surface area (Å²) in [4.78, 5) is 0. The third-order valence-electron chi connectivity index (χ3n) is 2.10. The Hall–Kier alpha value is -1.07. The smallest absolute Gasteiger partial charge is 0.285 e. The molecule has 1 N–H and O–H groups in total. The quantitative estimate of drug-likeness (QED) is 0.760. The van der Waals surface area contributed by atoms with Crippen LogP contribution in [0.4, 0.5) is 13.2 Å². The van der Waals surface area contributed by atoms with Gasteiger partial charge in [-0.3, -0.25) is 0 Å². The molecule has 0 amide bonds. The lowest BCUT2D eigenvalue weighted by molar-refractivity contribution is -0.00420. The minimum Gasteiger partial charge on any atom is -0.383 e. The molecule has 5 heteroatoms. The van der Waals surface area contributed by atoms with Gasteiger partial charge in [0, 0.05) is 19.2 Å². The maximum atomic E-state index is 13.5. The van der Waals surface area contributed by atoms with E-state index in [1.807, 2.05) is 0 Å². The van der Waals surface area contributed by atoms with Crippen molar-refractivity contribution in [2.24, 2.45) is 0 Å². The average Bonchev–Trinajstić information content (AvgIpc) is 2.25. The van der Waals surface area contributed by atoms with Crippen molar-refractivity contribution in [3.8, 4) is 0 Å². The number of benzene rings is 1. The van der Waals surface area contributed by atoms with Crippen LogP contribution < -0.4 is 5.32 Å². The standard InChI is InChI=1S/C11H14F3NO/c1-16-7-6-15-8-11(13,14)9-2-4-10(12)5-3-9/h2-5,15H,6-8H2,1H3. The number of rotatable bonds is 6. The highest BCUT2D eigenvalue weighted by atomic mass is 19.3. The van der Waals surface area contributed by atoms with Gasteiger partial charge in [0.15, 0.2) is 0 Å². The van der Waals surface area contributed by atoms with Gasteiger partial charge in [0.05, 0.1) is 13.2 Å². The van der Waals surface area contributed by atoms with Gasteiger partial charge in [-0.15, -0.1) is 0 Å². The van der Waals surface area contributed by atoms with E-state index in [-0.39, 0.29) is 5.56 Å². The summed E-state index contributed by atoms with van der Waals surface area (Å²) >= 11 is 0. The molecule has 0 radical (unpaired) electrons. The Bertz CT molecular complexity index is 314. The molecule has 0 aliphatic rings. The highest BCUT2D eigenvalue weighted by Gasteiger charge is 2.30. The minimum atomic E-state index is -3.00. The zero-order valence-electron chi connectivity index (χ0n) is 8.97. The monoisotopic (exact) mass is 233 g/mol. The van der Waals surface area contributed by atoms with Gasteiger partial charge < -0.3 is 10.1 Å². The van der Waals surface area contributed by atoms with Crippen molar-refractivity contribution in [1.29, 1.82) is 0 Å². The van der Waals surface area contributed by atoms with Crippen LogP contribution in [0.3, 0.4) is 0 Å². The van der Waals surface area contributed by atoms with Crippen LogP contribution in [-0.2, 0) is 10.7 Å². The number of halogens is 3. The summed E-state index contributed by atoms with van der Waals surface area (Å²) in [5.41, 5.74) is -0.196. The molecule has 16 heavy (non-hydrogen) atoms. The van der Waals surface area contributed by atoms with Crippen molar-refractivity contribution < 1.29 is 17.9 Å². The summed E-state index contributed by atoms with van der Waals surface area (Å²) in [5.74, 6) is -3.52. The van der Waals surface area contributed by atoms with Crippen molar-refractivity contribution >= 4 is 0 Å². The number of alkyl halides is 2. The highest BCUT2D eigenvalue weighted by molar-refractivity contribution is 5.21. The maximum absolute atomic E-state index is 13.5. The van der Waals surface area contributed by atoms with Gasteiger partial charge in [0.2, 0.25) is 0 Å². The Morgan fingerprint density at radius 2 is 1.88 bits per heavy atom. The van der Waals surface area contributed by atoms with Crippen LogP contribution in [0.15, 0.2) is 24.3 Å². The molecule has 0 spiro atoms. The first kappa shape index (κ1) is 13.0. The molecule has 0 atom stereocenters. The van der Waals surface area contributed by atoms with Gasteiger partial charge in [-0.25, -0.2) is 4.39 Å². The average molecular weight is 233 g/mol. The van der Waals surface area contributed by atoms with Crippen LogP contribution in [0.5, 0.6) is 0 Å². The first-order chi connectivity index (χ1) is 7.56. The van der Waals surface area contributed by atoms with E-state index in [9.17, 15) is 13.2 Å². The fraction of sp³-hybridized carbons (Fsp3) is 0.455. The van der Waals surface area contributed by atoms with Crippen molar-refractivity contribution in [2.75, 3.05) is 26.8 Å². The first-order valence-corrected chi connectivity index (χ1v) is 4.90. The first-order valence-electron chi connectivity index (χ1n) is 4.90. The van der Waals surface area contributed by atoms with Crippen molar-refractivity contribution in [3.63, 3.8) is 0 Å². The zero-order chi connectivity index (χ0) is 12.0. The Kier molecular flexibility index (Phi) is 4.76. The molecule has 0 heterocycles. The summed E-state index contributed by atoms with van der Waals surface area (Å²) in [6, 6.07) is 4.23. The number of hydrogen-bond donors (Lipinski definition) is 1. The summed E-state index contributed by atoms with van der Waals surface area (Å²) < 4.78 is 44.2. The summed E-state index contributed by atoms with van der Waals surface area (Å²) in [6.45, 7) is 0.245. The Labute approximate surface area is 92.4 Å². The number of nitrogens with one attached hydrogen (secondary N) is 1. The Balaban J connectivity index is 2.52. The lowest BCUT2D eigenvalue weighted by Crippen LogP contribution is -2.32. The summed E-state index contributed by atoms with van der Waals surface area (Å²) in [7, 11) is 1.50. The molecule has 2 nitrogen and oxygen atoms in total. The van der Waals surface area contributed by atoms with Gasteiger partial charge in [0.1, 0.15) is 5.82 Å². The predicted octanol–water partition coefficient (Wildman–Crippen LogP) is 2.15. The Morgan fingerprint density at radius 1 is 1.25 bits per heavy atom. The van der Waals surface area contributed by atoms with Crippen LogP contribution in [0, 0.1) is 5.82 Å². The van der Waals surface area contributed by atoms with E-state index in [0.29, 0.717) is 13.2 Å². The number of hydrogen-bond acceptors (Lipinski definition) is 2. The molecule has 0 fully saturated rings. The summed E-state index contributed by atoms with van der Waals surface area (Å²) in [5, 5.41) is 2.57. The number of ether oxygens (including phenoxy) is 1. The van der Waals surface area contributed by atoms with Crippen LogP contribution in [-0.4, -0.2) is 26.8 Å². The molecule has 0 saturated carbocycles. The van der Waals surface area contributed by atoms with E-state index in [2.05, 4.69) is 5.32 Å². The van der Waals surface area contributed by atoms with Gasteiger partial charge in [-0.05, 0) is 12.1 Å². The normalized spacial score (nSPS) is 11.8. The highest BCUT2D eigenvalue weighted by Crippen LogP contribution is 2.26. The predicted molar refractivity (Wildman–Crippen MR) is 55.0 cm³/mol. The van der Waals surface area contributed by atoms with Gasteiger partial charge >= 0.3 is 0 Å². The Morgan fingerprint density at radius 3 is 2.44 bits per heavy atom. The topological polar surface area (TPSA) is 21.3 Å². The third-order valence-corrected chi connectivity index (χ3v) is 2.10. The molecule has 1 aromatic carbocycles. The van der Waals surface area contributed by atoms with Crippen molar-refractivity contribution in [1.82, 2.24) is 5.32 Å². The fourth-order valence-corrected chi connectivity index (χ4v) is 1.22. The molecular formula is C11H14F3NO. The molecular weight excluding hydrogens is 219 g/mol. The van der Waals surface area contributed by atoms with Crippen LogP contribution >= 0.6 is 0 Å². The second kappa shape index (κ2) is 5.86. The van der Waals surface area contributed by atoms with E-state index in [1.165, 1.54) is 7.11 Å². The van der Waals surface area contributed by atoms with E-state index in [0.717, 1.165) is 24.3 Å². The lowest BCUT2D eigenvalue weighted by atomic mass is 10.1. The van der Waals surface area contributed by atoms with Crippen molar-refractivity contribution in [3.05, 3.63) is 35.6 Å². The van der Waals surface area contributed by atoms with Crippen LogP contribution in [0.1, 0.15) is 5.56 Å². The summed E-state index contributed by atoms with van der Waals surface area (Å²) in [6.07, 6.45) is 0. The minimum absolute atomic E-state index is 0.196. The molecule has 90 valence electrons. The van der Waals surface area contributed by atoms with Crippen LogP contribution in [0.25, 0.3) is 0 Å².